The van der Waals surface area contributed by atoms with Crippen LogP contribution in [0, 0.1) is 18.8 Å². The van der Waals surface area contributed by atoms with Gasteiger partial charge in [-0.1, -0.05) is 26.3 Å². The molecule has 246 valence electrons. The zero-order chi connectivity index (χ0) is 33.3. The highest BCUT2D eigenvalue weighted by molar-refractivity contribution is 7.13. The van der Waals surface area contributed by atoms with Gasteiger partial charge in [0.1, 0.15) is 23.2 Å². The number of nitrogens with zero attached hydrogens (tertiary/aromatic N) is 2. The number of methoxy groups -OCH3 is 1. The summed E-state index contributed by atoms with van der Waals surface area (Å²) in [5.41, 5.74) is -0.979. The van der Waals surface area contributed by atoms with Crippen LogP contribution in [0.1, 0.15) is 72.7 Å². The minimum Gasteiger partial charge on any atom is -0.466 e. The molecule has 0 radical (unpaired) electrons. The SMILES string of the molecule is CCCC1CC(C)CC1NC(=O)Cn1cccc(NC(=O)[C@H](CC/C=C/C(=O)OC)NC(=O)c2sc(C(F)(F)F)nc2C)c1=O. The van der Waals surface area contributed by atoms with Crippen molar-refractivity contribution in [1.29, 1.82) is 0 Å². The van der Waals surface area contributed by atoms with E-state index in [4.69, 9.17) is 0 Å². The maximum absolute atomic E-state index is 13.3. The fourth-order valence-corrected chi connectivity index (χ4v) is 6.22. The third-order valence-corrected chi connectivity index (χ3v) is 8.67. The van der Waals surface area contributed by atoms with Crippen LogP contribution in [-0.4, -0.2) is 52.4 Å². The number of nitrogens with one attached hydrogen (secondary N) is 3. The molecule has 1 saturated carbocycles. The minimum absolute atomic E-state index is 0.0260. The number of rotatable bonds is 13. The van der Waals surface area contributed by atoms with Crippen molar-refractivity contribution in [2.75, 3.05) is 12.4 Å². The molecule has 0 aliphatic heterocycles. The van der Waals surface area contributed by atoms with Crippen molar-refractivity contribution in [2.45, 2.75) is 84.1 Å². The van der Waals surface area contributed by atoms with Crippen molar-refractivity contribution in [3.05, 3.63) is 56.4 Å². The van der Waals surface area contributed by atoms with E-state index in [1.54, 1.807) is 0 Å². The normalized spacial score (nSPS) is 18.9. The van der Waals surface area contributed by atoms with Crippen LogP contribution in [-0.2, 0) is 31.8 Å². The molecule has 3 N–H and O–H groups in total. The van der Waals surface area contributed by atoms with E-state index >= 15 is 0 Å². The Morgan fingerprint density at radius 1 is 1.24 bits per heavy atom. The van der Waals surface area contributed by atoms with Crippen LogP contribution >= 0.6 is 11.3 Å². The number of anilines is 1. The second-order valence-electron chi connectivity index (χ2n) is 11.1. The van der Waals surface area contributed by atoms with Crippen molar-refractivity contribution >= 4 is 40.7 Å². The first-order valence-electron chi connectivity index (χ1n) is 14.6. The van der Waals surface area contributed by atoms with Crippen LogP contribution in [0.15, 0.2) is 35.3 Å². The Bertz CT molecular complexity index is 1470. The monoisotopic (exact) mass is 653 g/mol. The first-order valence-corrected chi connectivity index (χ1v) is 15.4. The Balaban J connectivity index is 1.75. The highest BCUT2D eigenvalue weighted by Gasteiger charge is 2.37. The first-order chi connectivity index (χ1) is 21.2. The zero-order valence-electron chi connectivity index (χ0n) is 25.5. The van der Waals surface area contributed by atoms with E-state index in [-0.39, 0.29) is 58.9 Å². The molecule has 3 unspecified atom stereocenters. The molecule has 1 fully saturated rings. The smallest absolute Gasteiger partial charge is 0.443 e. The van der Waals surface area contributed by atoms with Crippen molar-refractivity contribution < 1.29 is 37.1 Å². The van der Waals surface area contributed by atoms with E-state index < -0.39 is 40.6 Å². The van der Waals surface area contributed by atoms with Gasteiger partial charge in [0.05, 0.1) is 12.8 Å². The van der Waals surface area contributed by atoms with Crippen LogP contribution < -0.4 is 21.5 Å². The van der Waals surface area contributed by atoms with Gasteiger partial charge in [-0.05, 0) is 63.0 Å². The lowest BCUT2D eigenvalue weighted by Gasteiger charge is -2.21. The predicted molar refractivity (Wildman–Crippen MR) is 162 cm³/mol. The molecule has 2 heterocycles. The van der Waals surface area contributed by atoms with Crippen LogP contribution in [0.4, 0.5) is 18.9 Å². The predicted octanol–water partition coefficient (Wildman–Crippen LogP) is 4.21. The molecule has 2 aromatic heterocycles. The number of pyridine rings is 1. The summed E-state index contributed by atoms with van der Waals surface area (Å²) in [6.07, 6.45) is 3.12. The fraction of sp³-hybridized carbons (Fsp3) is 0.533. The molecule has 11 nitrogen and oxygen atoms in total. The van der Waals surface area contributed by atoms with E-state index in [2.05, 4.69) is 39.5 Å². The molecule has 0 bridgehead atoms. The molecule has 2 aromatic rings. The second-order valence-corrected chi connectivity index (χ2v) is 12.1. The molecule has 45 heavy (non-hydrogen) atoms. The number of alkyl halides is 3. The van der Waals surface area contributed by atoms with E-state index in [1.165, 1.54) is 38.4 Å². The molecule has 1 aliphatic rings. The first kappa shape index (κ1) is 35.5. The molecule has 3 amide bonds. The Hall–Kier alpha value is -4.01. The summed E-state index contributed by atoms with van der Waals surface area (Å²) in [5, 5.41) is 6.72. The van der Waals surface area contributed by atoms with Gasteiger partial charge in [0, 0.05) is 18.3 Å². The van der Waals surface area contributed by atoms with Gasteiger partial charge in [-0.15, -0.1) is 11.3 Å². The van der Waals surface area contributed by atoms with Crippen LogP contribution in [0.2, 0.25) is 0 Å². The number of thiazole rings is 1. The fourth-order valence-electron chi connectivity index (χ4n) is 5.38. The highest BCUT2D eigenvalue weighted by Crippen LogP contribution is 2.35. The van der Waals surface area contributed by atoms with Gasteiger partial charge < -0.3 is 25.3 Å². The number of esters is 1. The molecular formula is C30H38F3N5O6S. The Morgan fingerprint density at radius 3 is 2.62 bits per heavy atom. The largest absolute Gasteiger partial charge is 0.466 e. The van der Waals surface area contributed by atoms with E-state index in [9.17, 15) is 37.1 Å². The quantitative estimate of drug-likeness (QED) is 0.217. The Morgan fingerprint density at radius 2 is 1.98 bits per heavy atom. The highest BCUT2D eigenvalue weighted by atomic mass is 32.1. The molecule has 0 aromatic carbocycles. The van der Waals surface area contributed by atoms with Crippen LogP contribution in [0.5, 0.6) is 0 Å². The number of ether oxygens (including phenoxy) is 1. The van der Waals surface area contributed by atoms with Crippen LogP contribution in [0.3, 0.4) is 0 Å². The maximum Gasteiger partial charge on any atom is 0.443 e. The van der Waals surface area contributed by atoms with E-state index in [0.29, 0.717) is 11.8 Å². The number of allylic oxidation sites excluding steroid dienone is 1. The zero-order valence-corrected chi connectivity index (χ0v) is 26.3. The van der Waals surface area contributed by atoms with Crippen LogP contribution in [0.25, 0.3) is 0 Å². The molecule has 3 rings (SSSR count). The number of aromatic nitrogens is 2. The maximum atomic E-state index is 13.3. The summed E-state index contributed by atoms with van der Waals surface area (Å²) in [4.78, 5) is 66.8. The summed E-state index contributed by atoms with van der Waals surface area (Å²) in [6, 6.07) is 1.53. The average Bonchev–Trinajstić information content (AvgIpc) is 3.53. The number of aryl methyl sites for hydroxylation is 1. The number of halogens is 3. The summed E-state index contributed by atoms with van der Waals surface area (Å²) < 4.78 is 45.1. The standard InChI is InChI=1S/C30H38F3N5O6S/c1-5-9-19-14-17(2)15-22(19)35-23(39)16-38-13-8-11-21(28(38)43)37-26(41)20(10-6-7-12-24(40)44-4)36-27(42)25-18(3)34-29(45-25)30(31,32)33/h7-8,11-13,17,19-20,22H,5-6,9-10,14-16H2,1-4H3,(H,35,39)(H,36,42)(H,37,41)/b12-7+/t17?,19?,20-,22?/m0/s1. The minimum atomic E-state index is -4.75. The number of hydrogen-bond donors (Lipinski definition) is 3. The number of amides is 3. The lowest BCUT2D eigenvalue weighted by molar-refractivity contribution is -0.138. The number of carbonyl (C=O) groups is 4. The lowest BCUT2D eigenvalue weighted by atomic mass is 9.97. The number of hydrogen-bond acceptors (Lipinski definition) is 8. The van der Waals surface area contributed by atoms with Gasteiger partial charge in [0.2, 0.25) is 11.8 Å². The van der Waals surface area contributed by atoms with Gasteiger partial charge in [-0.2, -0.15) is 13.2 Å². The van der Waals surface area contributed by atoms with E-state index in [0.717, 1.165) is 36.3 Å². The summed E-state index contributed by atoms with van der Waals surface area (Å²) in [5.74, 6) is -1.89. The molecule has 15 heteroatoms. The van der Waals surface area contributed by atoms with Crippen molar-refractivity contribution in [2.24, 2.45) is 11.8 Å². The van der Waals surface area contributed by atoms with Crippen molar-refractivity contribution in [1.82, 2.24) is 20.2 Å². The van der Waals surface area contributed by atoms with Gasteiger partial charge in [0.25, 0.3) is 11.5 Å². The summed E-state index contributed by atoms with van der Waals surface area (Å²) in [7, 11) is 1.18. The Kier molecular flexibility index (Phi) is 12.5. The van der Waals surface area contributed by atoms with Crippen molar-refractivity contribution in [3.8, 4) is 0 Å². The third-order valence-electron chi connectivity index (χ3n) is 7.47. The molecule has 0 saturated heterocycles. The lowest BCUT2D eigenvalue weighted by Crippen LogP contribution is -2.45. The van der Waals surface area contributed by atoms with E-state index in [1.807, 2.05) is 0 Å². The molecule has 1 aliphatic carbocycles. The molecular weight excluding hydrogens is 615 g/mol. The number of carbonyl (C=O) groups excluding carboxylic acids is 4. The van der Waals surface area contributed by atoms with Crippen molar-refractivity contribution in [3.63, 3.8) is 0 Å². The van der Waals surface area contributed by atoms with Gasteiger partial charge >= 0.3 is 12.1 Å². The third kappa shape index (κ3) is 9.99. The Labute approximate surface area is 262 Å². The second kappa shape index (κ2) is 15.8. The summed E-state index contributed by atoms with van der Waals surface area (Å²) >= 11 is 0.145. The average molecular weight is 654 g/mol. The summed E-state index contributed by atoms with van der Waals surface area (Å²) in [6.45, 7) is 5.22. The molecule has 4 atom stereocenters. The topological polar surface area (TPSA) is 148 Å². The van der Waals surface area contributed by atoms with Gasteiger partial charge in [-0.25, -0.2) is 9.78 Å². The molecule has 0 spiro atoms. The van der Waals surface area contributed by atoms with Gasteiger partial charge in [-0.3, -0.25) is 19.2 Å². The van der Waals surface area contributed by atoms with Gasteiger partial charge in [0.15, 0.2) is 5.01 Å².